The minimum absolute atomic E-state index is 0.225. The maximum Gasteiger partial charge on any atom is 0.407 e. The van der Waals surface area contributed by atoms with E-state index in [2.05, 4.69) is 44.4 Å². The Hall–Kier alpha value is -2.72. The molecule has 0 aromatic heterocycles. The van der Waals surface area contributed by atoms with Gasteiger partial charge in [0.05, 0.1) is 13.3 Å². The summed E-state index contributed by atoms with van der Waals surface area (Å²) in [6.45, 7) is 13.2. The number of allylic oxidation sites excluding steroid dienone is 1. The Morgan fingerprint density at radius 1 is 1.24 bits per heavy atom. The molecule has 0 aromatic rings. The van der Waals surface area contributed by atoms with Gasteiger partial charge in [-0.15, -0.1) is 0 Å². The lowest BCUT2D eigenvalue weighted by atomic mass is 10.0. The van der Waals surface area contributed by atoms with Crippen LogP contribution in [0.2, 0.25) is 0 Å². The van der Waals surface area contributed by atoms with Gasteiger partial charge in [0.1, 0.15) is 5.84 Å². The van der Waals surface area contributed by atoms with Crippen LogP contribution >= 0.6 is 0 Å². The molecule has 2 aliphatic rings. The Labute approximate surface area is 197 Å². The molecule has 0 spiro atoms. The van der Waals surface area contributed by atoms with E-state index in [1.165, 1.54) is 5.57 Å². The highest BCUT2D eigenvalue weighted by atomic mass is 16.5. The standard InChI is InChI=1S/C23H40N8O2/c1-6-18-13-17(4)27-21(19(14-18)15-25-23(32)33-8-3)29-22(24)28-20(7-2)26-16-31-11-9-30(5)10-12-31/h14H,6-13,15-16H2,1-5H3,(H,25,32)(H3,24,26,28,29). The van der Waals surface area contributed by atoms with Gasteiger partial charge in [-0.25, -0.2) is 9.79 Å². The predicted molar refractivity (Wildman–Crippen MR) is 135 cm³/mol. The first-order valence-corrected chi connectivity index (χ1v) is 11.8. The molecule has 10 heteroatoms. The Balaban J connectivity index is 2.17. The topological polar surface area (TPSA) is 120 Å². The maximum atomic E-state index is 11.8. The number of hydrogen-bond acceptors (Lipinski definition) is 7. The molecular formula is C23H40N8O2. The van der Waals surface area contributed by atoms with Gasteiger partial charge in [-0.05, 0) is 27.3 Å². The number of nitrogens with two attached hydrogens (primary N) is 1. The summed E-state index contributed by atoms with van der Waals surface area (Å²) in [5, 5.41) is 5.89. The third-order valence-corrected chi connectivity index (χ3v) is 5.49. The highest BCUT2D eigenvalue weighted by molar-refractivity contribution is 5.99. The largest absolute Gasteiger partial charge is 0.450 e. The molecule has 1 saturated heterocycles. The number of nitrogens with one attached hydrogen (secondary N) is 2. The number of nitrogens with zero attached hydrogens (tertiary/aromatic N) is 5. The normalized spacial score (nSPS) is 19.1. The van der Waals surface area contributed by atoms with Crippen LogP contribution in [-0.4, -0.2) is 86.4 Å². The molecule has 2 heterocycles. The van der Waals surface area contributed by atoms with Crippen LogP contribution in [0.3, 0.4) is 0 Å². The van der Waals surface area contributed by atoms with Crippen molar-refractivity contribution < 1.29 is 9.53 Å². The number of hydrogen-bond donors (Lipinski definition) is 3. The smallest absolute Gasteiger partial charge is 0.407 e. The zero-order valence-electron chi connectivity index (χ0n) is 20.8. The van der Waals surface area contributed by atoms with E-state index in [1.54, 1.807) is 6.92 Å². The number of carbonyl (C=O) groups is 1. The summed E-state index contributed by atoms with van der Waals surface area (Å²) in [7, 11) is 2.14. The van der Waals surface area contributed by atoms with Gasteiger partial charge in [0, 0.05) is 56.9 Å². The van der Waals surface area contributed by atoms with E-state index in [4.69, 9.17) is 15.5 Å². The van der Waals surface area contributed by atoms with Gasteiger partial charge in [-0.3, -0.25) is 9.89 Å². The number of amides is 1. The summed E-state index contributed by atoms with van der Waals surface area (Å²) in [5.74, 6) is 1.48. The van der Waals surface area contributed by atoms with Crippen LogP contribution in [0.15, 0.2) is 38.0 Å². The SMILES string of the molecule is CCOC(=O)NCC1=C(N=C(N)NC(CC)=NCN2CCN(C)CC2)N=C(C)CC(CC)=C1. The Bertz CT molecular complexity index is 820. The molecule has 10 nitrogen and oxygen atoms in total. The molecule has 0 saturated carbocycles. The molecule has 0 aromatic carbocycles. The van der Waals surface area contributed by atoms with Crippen LogP contribution in [0.4, 0.5) is 4.79 Å². The van der Waals surface area contributed by atoms with Crippen molar-refractivity contribution in [1.82, 2.24) is 20.4 Å². The number of ether oxygens (including phenoxy) is 1. The van der Waals surface area contributed by atoms with Gasteiger partial charge in [0.15, 0.2) is 5.82 Å². The first-order valence-electron chi connectivity index (χ1n) is 11.8. The molecule has 0 radical (unpaired) electrons. The Morgan fingerprint density at radius 3 is 2.61 bits per heavy atom. The number of alkyl carbamates (subject to hydrolysis) is 1. The van der Waals surface area contributed by atoms with Crippen molar-refractivity contribution in [3.05, 3.63) is 23.0 Å². The summed E-state index contributed by atoms with van der Waals surface area (Å²) in [4.78, 5) is 30.4. The second kappa shape index (κ2) is 13.7. The van der Waals surface area contributed by atoms with Gasteiger partial charge in [0.25, 0.3) is 0 Å². The van der Waals surface area contributed by atoms with Crippen molar-refractivity contribution >= 4 is 23.6 Å². The lowest BCUT2D eigenvalue weighted by Gasteiger charge is -2.31. The molecule has 184 valence electrons. The van der Waals surface area contributed by atoms with Crippen LogP contribution < -0.4 is 16.4 Å². The van der Waals surface area contributed by atoms with Gasteiger partial charge >= 0.3 is 6.09 Å². The number of likely N-dealkylation sites (N-methyl/N-ethyl adjacent to an activating group) is 1. The lowest BCUT2D eigenvalue weighted by Crippen LogP contribution is -2.45. The van der Waals surface area contributed by atoms with Crippen molar-refractivity contribution in [2.45, 2.75) is 47.0 Å². The molecule has 1 amide bonds. The predicted octanol–water partition coefficient (Wildman–Crippen LogP) is 2.06. The van der Waals surface area contributed by atoms with E-state index in [0.29, 0.717) is 25.5 Å². The summed E-state index contributed by atoms with van der Waals surface area (Å²) in [6.07, 6.45) is 3.93. The molecular weight excluding hydrogens is 420 g/mol. The number of rotatable bonds is 8. The second-order valence-electron chi connectivity index (χ2n) is 8.25. The lowest BCUT2D eigenvalue weighted by molar-refractivity contribution is 0.153. The van der Waals surface area contributed by atoms with Gasteiger partial charge < -0.3 is 26.0 Å². The van der Waals surface area contributed by atoms with Gasteiger partial charge in [-0.1, -0.05) is 25.5 Å². The summed E-state index contributed by atoms with van der Waals surface area (Å²) in [6, 6.07) is 0. The zero-order valence-corrected chi connectivity index (χ0v) is 20.8. The number of guanidine groups is 1. The number of amidine groups is 1. The molecule has 0 bridgehead atoms. The fraction of sp³-hybridized carbons (Fsp3) is 0.652. The molecule has 4 N–H and O–H groups in total. The first kappa shape index (κ1) is 26.5. The van der Waals surface area contributed by atoms with Crippen LogP contribution in [0.1, 0.15) is 47.0 Å². The quantitative estimate of drug-likeness (QED) is 0.377. The van der Waals surface area contributed by atoms with Gasteiger partial charge in [-0.2, -0.15) is 4.99 Å². The third kappa shape index (κ3) is 9.35. The minimum atomic E-state index is -0.472. The number of carbonyl (C=O) groups excluding carboxylic acids is 1. The number of aliphatic imine (C=N–C) groups is 3. The average molecular weight is 461 g/mol. The van der Waals surface area contributed by atoms with Crippen LogP contribution in [0.5, 0.6) is 0 Å². The van der Waals surface area contributed by atoms with Crippen molar-refractivity contribution in [3.63, 3.8) is 0 Å². The fourth-order valence-corrected chi connectivity index (χ4v) is 3.49. The third-order valence-electron chi connectivity index (χ3n) is 5.49. The second-order valence-corrected chi connectivity index (χ2v) is 8.25. The van der Waals surface area contributed by atoms with E-state index < -0.39 is 6.09 Å². The summed E-state index contributed by atoms with van der Waals surface area (Å²) >= 11 is 0. The molecule has 0 atom stereocenters. The van der Waals surface area contributed by atoms with Crippen LogP contribution in [-0.2, 0) is 4.74 Å². The highest BCUT2D eigenvalue weighted by Crippen LogP contribution is 2.21. The minimum Gasteiger partial charge on any atom is -0.450 e. The van der Waals surface area contributed by atoms with E-state index in [0.717, 1.165) is 56.1 Å². The van der Waals surface area contributed by atoms with Crippen molar-refractivity contribution in [1.29, 1.82) is 0 Å². The molecule has 1 fully saturated rings. The van der Waals surface area contributed by atoms with Crippen molar-refractivity contribution in [2.24, 2.45) is 20.7 Å². The fourth-order valence-electron chi connectivity index (χ4n) is 3.49. The van der Waals surface area contributed by atoms with E-state index in [-0.39, 0.29) is 12.5 Å². The van der Waals surface area contributed by atoms with Gasteiger partial charge in [0.2, 0.25) is 5.96 Å². The molecule has 0 unspecified atom stereocenters. The Morgan fingerprint density at radius 2 is 1.97 bits per heavy atom. The van der Waals surface area contributed by atoms with E-state index >= 15 is 0 Å². The molecule has 2 rings (SSSR count). The molecule has 0 aliphatic carbocycles. The number of piperazine rings is 1. The maximum absolute atomic E-state index is 11.8. The summed E-state index contributed by atoms with van der Waals surface area (Å²) in [5.41, 5.74) is 9.19. The Kier molecular flexibility index (Phi) is 11.0. The highest BCUT2D eigenvalue weighted by Gasteiger charge is 2.15. The van der Waals surface area contributed by atoms with Crippen molar-refractivity contribution in [3.8, 4) is 0 Å². The first-order chi connectivity index (χ1) is 15.8. The van der Waals surface area contributed by atoms with E-state index in [1.807, 2.05) is 19.9 Å². The summed E-state index contributed by atoms with van der Waals surface area (Å²) < 4.78 is 4.98. The van der Waals surface area contributed by atoms with E-state index in [9.17, 15) is 4.79 Å². The van der Waals surface area contributed by atoms with Crippen LogP contribution in [0, 0.1) is 0 Å². The molecule has 33 heavy (non-hydrogen) atoms. The molecule has 2 aliphatic heterocycles. The van der Waals surface area contributed by atoms with Crippen LogP contribution in [0.25, 0.3) is 0 Å². The zero-order chi connectivity index (χ0) is 24.2. The monoisotopic (exact) mass is 460 g/mol. The average Bonchev–Trinajstić information content (AvgIpc) is 2.94. The van der Waals surface area contributed by atoms with Crippen molar-refractivity contribution in [2.75, 3.05) is 53.0 Å².